The Morgan fingerprint density at radius 2 is 1.82 bits per heavy atom. The number of nitrogens with one attached hydrogen (secondary N) is 1. The van der Waals surface area contributed by atoms with Gasteiger partial charge in [0.05, 0.1) is 35.6 Å². The van der Waals surface area contributed by atoms with Gasteiger partial charge in [-0.05, 0) is 49.2 Å². The van der Waals surface area contributed by atoms with E-state index in [9.17, 15) is 9.59 Å². The van der Waals surface area contributed by atoms with Gasteiger partial charge in [0.2, 0.25) is 6.41 Å². The number of carbonyl (C=O) groups is 2. The number of carbonyl (C=O) groups excluding carboxylic acids is 2. The number of aromatic nitrogens is 2. The molecule has 192 valence electrons. The van der Waals surface area contributed by atoms with E-state index in [4.69, 9.17) is 9.26 Å². The smallest absolute Gasteiger partial charge is 0.254 e. The minimum absolute atomic E-state index is 0.00522. The topological polar surface area (TPSA) is 89.6 Å². The summed E-state index contributed by atoms with van der Waals surface area (Å²) in [6.07, 6.45) is 0.697. The predicted octanol–water partition coefficient (Wildman–Crippen LogP) is 5.16. The lowest BCUT2D eigenvalue weighted by molar-refractivity contribution is -0.105. The fraction of sp³-hybridized carbons (Fsp3) is 0.233. The Balaban J connectivity index is 1.61. The molecule has 3 heterocycles. The highest BCUT2D eigenvalue weighted by molar-refractivity contribution is 6.17. The summed E-state index contributed by atoms with van der Waals surface area (Å²) in [5.41, 5.74) is 6.91. The quantitative estimate of drug-likeness (QED) is 0.320. The number of fused-ring (bicyclic) bond motifs is 3. The molecule has 1 aliphatic heterocycles. The average molecular weight is 509 g/mol. The van der Waals surface area contributed by atoms with Crippen molar-refractivity contribution in [3.63, 3.8) is 0 Å². The number of aryl methyl sites for hydroxylation is 2. The first-order chi connectivity index (χ1) is 18.5. The molecular formula is C30H28N4O4. The van der Waals surface area contributed by atoms with Gasteiger partial charge >= 0.3 is 0 Å². The second kappa shape index (κ2) is 9.79. The number of ether oxygens (including phenoxy) is 1. The molecule has 5 aromatic rings. The molecule has 2 amide bonds. The molecule has 0 radical (unpaired) electrons. The van der Waals surface area contributed by atoms with E-state index in [1.54, 1.807) is 0 Å². The highest BCUT2D eigenvalue weighted by Crippen LogP contribution is 2.40. The van der Waals surface area contributed by atoms with Crippen molar-refractivity contribution in [2.75, 3.05) is 31.6 Å². The van der Waals surface area contributed by atoms with Crippen LogP contribution in [0.5, 0.6) is 0 Å². The van der Waals surface area contributed by atoms with Crippen LogP contribution < -0.4 is 5.32 Å². The standard InChI is InChI=1S/C30H28N4O4/c1-19-28(20(2)38-32-19)23-14-25(31-18-35)29-24-9-8-22(30(36)33-10-12-37-13-11-33)15-26(24)34(27(29)16-23)17-21-6-4-3-5-7-21/h3-9,14-16,18H,10-13,17H2,1-2H3,(H,31,35). The van der Waals surface area contributed by atoms with E-state index in [1.807, 2.05) is 61.2 Å². The lowest BCUT2D eigenvalue weighted by Gasteiger charge is -2.26. The summed E-state index contributed by atoms with van der Waals surface area (Å²) in [4.78, 5) is 26.9. The van der Waals surface area contributed by atoms with E-state index >= 15 is 0 Å². The molecule has 1 saturated heterocycles. The molecule has 1 N–H and O–H groups in total. The first-order valence-corrected chi connectivity index (χ1v) is 12.7. The third-order valence-corrected chi connectivity index (χ3v) is 7.23. The van der Waals surface area contributed by atoms with Gasteiger partial charge in [-0.25, -0.2) is 0 Å². The number of morpholine rings is 1. The van der Waals surface area contributed by atoms with Gasteiger partial charge in [0.1, 0.15) is 5.76 Å². The molecule has 6 rings (SSSR count). The van der Waals surface area contributed by atoms with Crippen LogP contribution in [0, 0.1) is 13.8 Å². The zero-order chi connectivity index (χ0) is 26.2. The first kappa shape index (κ1) is 23.9. The number of nitrogens with zero attached hydrogens (tertiary/aromatic N) is 3. The molecule has 0 atom stereocenters. The summed E-state index contributed by atoms with van der Waals surface area (Å²) < 4.78 is 13.1. The lowest BCUT2D eigenvalue weighted by atomic mass is 10.00. The van der Waals surface area contributed by atoms with Crippen LogP contribution in [0.25, 0.3) is 32.9 Å². The van der Waals surface area contributed by atoms with Gasteiger partial charge in [0.25, 0.3) is 5.91 Å². The maximum Gasteiger partial charge on any atom is 0.254 e. The maximum atomic E-state index is 13.4. The molecule has 8 nitrogen and oxygen atoms in total. The Morgan fingerprint density at radius 1 is 1.03 bits per heavy atom. The molecule has 2 aromatic heterocycles. The monoisotopic (exact) mass is 508 g/mol. The zero-order valence-electron chi connectivity index (χ0n) is 21.4. The average Bonchev–Trinajstić information content (AvgIpc) is 3.45. The van der Waals surface area contributed by atoms with Crippen LogP contribution in [-0.2, 0) is 16.1 Å². The number of rotatable bonds is 6. The normalized spacial score (nSPS) is 13.8. The van der Waals surface area contributed by atoms with Crippen molar-refractivity contribution in [3.8, 4) is 11.1 Å². The summed E-state index contributed by atoms with van der Waals surface area (Å²) in [5.74, 6) is 0.706. The van der Waals surface area contributed by atoms with E-state index in [1.165, 1.54) is 0 Å². The van der Waals surface area contributed by atoms with E-state index in [-0.39, 0.29) is 5.91 Å². The number of anilines is 1. The van der Waals surface area contributed by atoms with Gasteiger partial charge < -0.3 is 24.0 Å². The highest BCUT2D eigenvalue weighted by atomic mass is 16.5. The van der Waals surface area contributed by atoms with Crippen molar-refractivity contribution >= 4 is 39.8 Å². The summed E-state index contributed by atoms with van der Waals surface area (Å²) >= 11 is 0. The van der Waals surface area contributed by atoms with E-state index in [2.05, 4.69) is 33.2 Å². The summed E-state index contributed by atoms with van der Waals surface area (Å²) in [6, 6.07) is 20.1. The molecule has 8 heteroatoms. The second-order valence-electron chi connectivity index (χ2n) is 9.59. The van der Waals surface area contributed by atoms with Crippen LogP contribution in [0.3, 0.4) is 0 Å². The summed E-state index contributed by atoms with van der Waals surface area (Å²) in [6.45, 7) is 6.65. The molecule has 0 unspecified atom stereocenters. The van der Waals surface area contributed by atoms with Crippen LogP contribution in [0.2, 0.25) is 0 Å². The van der Waals surface area contributed by atoms with Crippen molar-refractivity contribution in [2.45, 2.75) is 20.4 Å². The zero-order valence-corrected chi connectivity index (χ0v) is 21.4. The SMILES string of the molecule is Cc1noc(C)c1-c1cc(NC=O)c2c3ccc(C(=O)N4CCOCC4)cc3n(Cc3ccccc3)c2c1. The van der Waals surface area contributed by atoms with Crippen molar-refractivity contribution < 1.29 is 18.8 Å². The van der Waals surface area contributed by atoms with Gasteiger partial charge in [0, 0.05) is 41.5 Å². The summed E-state index contributed by atoms with van der Waals surface area (Å²) in [7, 11) is 0. The van der Waals surface area contributed by atoms with Gasteiger partial charge in [-0.15, -0.1) is 0 Å². The number of hydrogen-bond donors (Lipinski definition) is 1. The van der Waals surface area contributed by atoms with Crippen molar-refractivity contribution in [3.05, 3.63) is 83.2 Å². The van der Waals surface area contributed by atoms with Gasteiger partial charge in [-0.3, -0.25) is 9.59 Å². The van der Waals surface area contributed by atoms with Gasteiger partial charge in [-0.2, -0.15) is 0 Å². The molecule has 3 aromatic carbocycles. The fourth-order valence-electron chi connectivity index (χ4n) is 5.45. The lowest BCUT2D eigenvalue weighted by Crippen LogP contribution is -2.40. The Hall–Kier alpha value is -4.43. The van der Waals surface area contributed by atoms with Crippen molar-refractivity contribution in [1.29, 1.82) is 0 Å². The Labute approximate surface area is 219 Å². The van der Waals surface area contributed by atoms with E-state index in [0.29, 0.717) is 56.3 Å². The van der Waals surface area contributed by atoms with Crippen LogP contribution in [0.15, 0.2) is 65.2 Å². The van der Waals surface area contributed by atoms with Crippen molar-refractivity contribution in [1.82, 2.24) is 14.6 Å². The highest BCUT2D eigenvalue weighted by Gasteiger charge is 2.23. The minimum Gasteiger partial charge on any atom is -0.378 e. The Kier molecular flexibility index (Phi) is 6.17. The van der Waals surface area contributed by atoms with Crippen LogP contribution in [0.1, 0.15) is 27.4 Å². The number of hydrogen-bond acceptors (Lipinski definition) is 5. The second-order valence-corrected chi connectivity index (χ2v) is 9.59. The molecule has 0 bridgehead atoms. The molecule has 0 aliphatic carbocycles. The molecule has 0 spiro atoms. The minimum atomic E-state index is -0.00522. The molecule has 1 aliphatic rings. The van der Waals surface area contributed by atoms with Gasteiger partial charge in [-0.1, -0.05) is 41.6 Å². The van der Waals surface area contributed by atoms with Crippen molar-refractivity contribution in [2.24, 2.45) is 0 Å². The van der Waals surface area contributed by atoms with Crippen LogP contribution in [-0.4, -0.2) is 53.2 Å². The van der Waals surface area contributed by atoms with Crippen LogP contribution >= 0.6 is 0 Å². The third kappa shape index (κ3) is 4.13. The van der Waals surface area contributed by atoms with E-state index < -0.39 is 0 Å². The largest absolute Gasteiger partial charge is 0.378 e. The molecule has 1 fully saturated rings. The first-order valence-electron chi connectivity index (χ1n) is 12.7. The summed E-state index contributed by atoms with van der Waals surface area (Å²) in [5, 5.41) is 8.93. The Bertz CT molecular complexity index is 1640. The van der Waals surface area contributed by atoms with E-state index in [0.717, 1.165) is 44.2 Å². The third-order valence-electron chi connectivity index (χ3n) is 7.23. The van der Waals surface area contributed by atoms with Gasteiger partial charge in [0.15, 0.2) is 0 Å². The van der Waals surface area contributed by atoms with Crippen LogP contribution in [0.4, 0.5) is 5.69 Å². The number of amides is 2. The molecule has 38 heavy (non-hydrogen) atoms. The Morgan fingerprint density at radius 3 is 2.53 bits per heavy atom. The predicted molar refractivity (Wildman–Crippen MR) is 146 cm³/mol. The maximum absolute atomic E-state index is 13.4. The molecule has 0 saturated carbocycles. The number of benzene rings is 3. The molecular weight excluding hydrogens is 480 g/mol. The fourth-order valence-corrected chi connectivity index (χ4v) is 5.45.